The van der Waals surface area contributed by atoms with Gasteiger partial charge >= 0.3 is 0 Å². The standard InChI is InChI=1S/C22H23N5OS/c1-5-27-18(11-16(4)25-27)21(28)26(13-17-7-6-10-23-12-17)22-24-19-14(2)8-9-15(3)20(19)29-22/h6-12H,5,13H2,1-4H3. The summed E-state index contributed by atoms with van der Waals surface area (Å²) in [5.41, 5.74) is 5.57. The lowest BCUT2D eigenvalue weighted by Gasteiger charge is -2.20. The number of amides is 1. The molecule has 1 amide bonds. The van der Waals surface area contributed by atoms with E-state index in [-0.39, 0.29) is 5.91 Å². The van der Waals surface area contributed by atoms with Gasteiger partial charge in [-0.15, -0.1) is 0 Å². The van der Waals surface area contributed by atoms with Crippen LogP contribution < -0.4 is 4.90 Å². The smallest absolute Gasteiger partial charge is 0.278 e. The molecule has 0 aliphatic carbocycles. The SMILES string of the molecule is CCn1nc(C)cc1C(=O)N(Cc1cccnc1)c1nc2c(C)ccc(C)c2s1. The van der Waals surface area contributed by atoms with Crippen LogP contribution in [0.25, 0.3) is 10.2 Å². The molecule has 7 heteroatoms. The number of hydrogen-bond acceptors (Lipinski definition) is 5. The first-order valence-electron chi connectivity index (χ1n) is 9.60. The fraction of sp³-hybridized carbons (Fsp3) is 0.273. The second kappa shape index (κ2) is 7.75. The summed E-state index contributed by atoms with van der Waals surface area (Å²) < 4.78 is 2.86. The lowest BCUT2D eigenvalue weighted by Crippen LogP contribution is -2.32. The van der Waals surface area contributed by atoms with Gasteiger partial charge in [0.15, 0.2) is 5.13 Å². The van der Waals surface area contributed by atoms with Gasteiger partial charge in [0.25, 0.3) is 5.91 Å². The minimum Gasteiger partial charge on any atom is -0.278 e. The van der Waals surface area contributed by atoms with Crippen LogP contribution in [0.15, 0.2) is 42.7 Å². The molecule has 0 atom stereocenters. The van der Waals surface area contributed by atoms with Crippen molar-refractivity contribution in [2.45, 2.75) is 40.8 Å². The summed E-state index contributed by atoms with van der Waals surface area (Å²) in [5.74, 6) is -0.106. The quantitative estimate of drug-likeness (QED) is 0.484. The van der Waals surface area contributed by atoms with Gasteiger partial charge in [0.1, 0.15) is 5.69 Å². The Balaban J connectivity index is 1.83. The van der Waals surface area contributed by atoms with Gasteiger partial charge in [-0.3, -0.25) is 19.4 Å². The molecular weight excluding hydrogens is 382 g/mol. The van der Waals surface area contributed by atoms with E-state index in [1.165, 1.54) is 0 Å². The molecule has 0 radical (unpaired) electrons. The van der Waals surface area contributed by atoms with E-state index in [2.05, 4.69) is 29.1 Å². The Morgan fingerprint density at radius 3 is 2.66 bits per heavy atom. The number of hydrogen-bond donors (Lipinski definition) is 0. The van der Waals surface area contributed by atoms with Crippen molar-refractivity contribution < 1.29 is 4.79 Å². The van der Waals surface area contributed by atoms with Crippen LogP contribution in [0, 0.1) is 20.8 Å². The second-order valence-electron chi connectivity index (χ2n) is 7.11. The zero-order valence-corrected chi connectivity index (χ0v) is 17.8. The summed E-state index contributed by atoms with van der Waals surface area (Å²) in [5, 5.41) is 5.13. The first-order chi connectivity index (χ1) is 14.0. The third-order valence-corrected chi connectivity index (χ3v) is 6.10. The van der Waals surface area contributed by atoms with E-state index in [4.69, 9.17) is 4.98 Å². The summed E-state index contributed by atoms with van der Waals surface area (Å²) in [4.78, 5) is 24.4. The van der Waals surface area contributed by atoms with Crippen molar-refractivity contribution in [1.29, 1.82) is 0 Å². The van der Waals surface area contributed by atoms with Gasteiger partial charge in [-0.2, -0.15) is 5.10 Å². The largest absolute Gasteiger partial charge is 0.278 e. The number of rotatable bonds is 5. The summed E-state index contributed by atoms with van der Waals surface area (Å²) >= 11 is 1.55. The maximum Gasteiger partial charge on any atom is 0.278 e. The van der Waals surface area contributed by atoms with Crippen LogP contribution in [0.5, 0.6) is 0 Å². The van der Waals surface area contributed by atoms with Crippen molar-refractivity contribution >= 4 is 32.6 Å². The Labute approximate surface area is 173 Å². The highest BCUT2D eigenvalue weighted by Gasteiger charge is 2.25. The highest BCUT2D eigenvalue weighted by atomic mass is 32.1. The van der Waals surface area contributed by atoms with Gasteiger partial charge in [0.2, 0.25) is 0 Å². The van der Waals surface area contributed by atoms with Crippen LogP contribution in [0.4, 0.5) is 5.13 Å². The summed E-state index contributed by atoms with van der Waals surface area (Å²) in [6.45, 7) is 9.05. The molecule has 0 aliphatic rings. The van der Waals surface area contributed by atoms with Gasteiger partial charge in [-0.25, -0.2) is 4.98 Å². The Bertz CT molecular complexity index is 1140. The predicted molar refractivity (Wildman–Crippen MR) is 116 cm³/mol. The molecule has 29 heavy (non-hydrogen) atoms. The van der Waals surface area contributed by atoms with Crippen LogP contribution in [0.3, 0.4) is 0 Å². The highest BCUT2D eigenvalue weighted by molar-refractivity contribution is 7.22. The monoisotopic (exact) mass is 405 g/mol. The van der Waals surface area contributed by atoms with E-state index in [1.54, 1.807) is 33.3 Å². The van der Waals surface area contributed by atoms with Crippen LogP contribution in [0.1, 0.15) is 39.8 Å². The number of anilines is 1. The molecule has 1 aromatic carbocycles. The van der Waals surface area contributed by atoms with E-state index >= 15 is 0 Å². The Hall–Kier alpha value is -3.06. The number of carbonyl (C=O) groups excluding carboxylic acids is 1. The molecule has 0 saturated heterocycles. The normalized spacial score (nSPS) is 11.2. The fourth-order valence-corrected chi connectivity index (χ4v) is 4.47. The minimum absolute atomic E-state index is 0.106. The van der Waals surface area contributed by atoms with E-state index in [0.29, 0.717) is 23.9 Å². The van der Waals surface area contributed by atoms with Crippen LogP contribution in [-0.2, 0) is 13.1 Å². The first kappa shape index (κ1) is 19.3. The summed E-state index contributed by atoms with van der Waals surface area (Å²) in [6.07, 6.45) is 3.52. The highest BCUT2D eigenvalue weighted by Crippen LogP contribution is 2.34. The molecule has 0 saturated carbocycles. The molecule has 0 spiro atoms. The molecule has 3 heterocycles. The number of fused-ring (bicyclic) bond motifs is 1. The molecule has 4 aromatic rings. The number of nitrogens with zero attached hydrogens (tertiary/aromatic N) is 5. The number of aromatic nitrogens is 4. The van der Waals surface area contributed by atoms with E-state index < -0.39 is 0 Å². The lowest BCUT2D eigenvalue weighted by molar-refractivity contribution is 0.0975. The van der Waals surface area contributed by atoms with Gasteiger partial charge in [-0.05, 0) is 56.5 Å². The zero-order chi connectivity index (χ0) is 20.5. The average molecular weight is 406 g/mol. The molecule has 6 nitrogen and oxygen atoms in total. The van der Waals surface area contributed by atoms with Crippen molar-refractivity contribution in [2.24, 2.45) is 0 Å². The van der Waals surface area contributed by atoms with E-state index in [0.717, 1.165) is 32.6 Å². The fourth-order valence-electron chi connectivity index (χ4n) is 3.36. The molecule has 0 fully saturated rings. The van der Waals surface area contributed by atoms with E-state index in [9.17, 15) is 4.79 Å². The van der Waals surface area contributed by atoms with Crippen molar-refractivity contribution in [2.75, 3.05) is 4.90 Å². The second-order valence-corrected chi connectivity index (χ2v) is 8.09. The van der Waals surface area contributed by atoms with Crippen LogP contribution in [0.2, 0.25) is 0 Å². The van der Waals surface area contributed by atoms with Crippen molar-refractivity contribution in [3.8, 4) is 0 Å². The molecule has 0 N–H and O–H groups in total. The third-order valence-electron chi connectivity index (χ3n) is 4.89. The first-order valence-corrected chi connectivity index (χ1v) is 10.4. The number of benzene rings is 1. The molecule has 0 bridgehead atoms. The molecule has 148 valence electrons. The average Bonchev–Trinajstić information content (AvgIpc) is 3.34. The van der Waals surface area contributed by atoms with Crippen LogP contribution >= 0.6 is 11.3 Å². The van der Waals surface area contributed by atoms with Gasteiger partial charge in [0.05, 0.1) is 22.5 Å². The van der Waals surface area contributed by atoms with E-state index in [1.807, 2.05) is 39.0 Å². The third kappa shape index (κ3) is 3.65. The zero-order valence-electron chi connectivity index (χ0n) is 17.0. The maximum atomic E-state index is 13.6. The minimum atomic E-state index is -0.106. The number of carbonyl (C=O) groups is 1. The molecule has 4 rings (SSSR count). The molecule has 0 aliphatic heterocycles. The summed E-state index contributed by atoms with van der Waals surface area (Å²) in [6, 6.07) is 9.86. The van der Waals surface area contributed by atoms with Crippen molar-refractivity contribution in [3.05, 3.63) is 70.8 Å². The Morgan fingerprint density at radius 2 is 1.97 bits per heavy atom. The molecule has 0 unspecified atom stereocenters. The topological polar surface area (TPSA) is 63.9 Å². The van der Waals surface area contributed by atoms with Gasteiger partial charge in [-0.1, -0.05) is 29.5 Å². The Morgan fingerprint density at radius 1 is 1.17 bits per heavy atom. The lowest BCUT2D eigenvalue weighted by atomic mass is 10.1. The maximum absolute atomic E-state index is 13.6. The van der Waals surface area contributed by atoms with Gasteiger partial charge in [0, 0.05) is 18.9 Å². The number of thiazole rings is 1. The summed E-state index contributed by atoms with van der Waals surface area (Å²) in [7, 11) is 0. The van der Waals surface area contributed by atoms with Crippen molar-refractivity contribution in [1.82, 2.24) is 19.7 Å². The van der Waals surface area contributed by atoms with Gasteiger partial charge < -0.3 is 0 Å². The van der Waals surface area contributed by atoms with Crippen LogP contribution in [-0.4, -0.2) is 25.7 Å². The molecule has 3 aromatic heterocycles. The molecular formula is C22H23N5OS. The number of aryl methyl sites for hydroxylation is 4. The Kier molecular flexibility index (Phi) is 5.15. The van der Waals surface area contributed by atoms with Crippen molar-refractivity contribution in [3.63, 3.8) is 0 Å². The number of pyridine rings is 1. The predicted octanol–water partition coefficient (Wildman–Crippen LogP) is 4.68.